The summed E-state index contributed by atoms with van der Waals surface area (Å²) in [5.74, 6) is 0.545. The van der Waals surface area contributed by atoms with E-state index in [4.69, 9.17) is 9.47 Å². The Morgan fingerprint density at radius 3 is 2.52 bits per heavy atom. The lowest BCUT2D eigenvalue weighted by Crippen LogP contribution is -2.55. The number of ether oxygens (including phenoxy) is 2. The molecule has 1 aliphatic carbocycles. The molecular formula is C31H45N5O4. The van der Waals surface area contributed by atoms with Gasteiger partial charge in [-0.1, -0.05) is 0 Å². The normalized spacial score (nSPS) is 22.0. The van der Waals surface area contributed by atoms with E-state index in [2.05, 4.69) is 38.4 Å². The van der Waals surface area contributed by atoms with Gasteiger partial charge in [0.2, 0.25) is 0 Å². The lowest BCUT2D eigenvalue weighted by molar-refractivity contribution is 0.0120. The van der Waals surface area contributed by atoms with E-state index in [1.165, 1.54) is 0 Å². The second kappa shape index (κ2) is 12.7. The third-order valence-electron chi connectivity index (χ3n) is 8.84. The van der Waals surface area contributed by atoms with Crippen LogP contribution >= 0.6 is 0 Å². The van der Waals surface area contributed by atoms with Crippen molar-refractivity contribution in [3.63, 3.8) is 0 Å². The first kappa shape index (κ1) is 28.6. The van der Waals surface area contributed by atoms with Gasteiger partial charge in [-0.05, 0) is 63.8 Å². The number of aromatic nitrogens is 1. The van der Waals surface area contributed by atoms with Crippen molar-refractivity contribution < 1.29 is 14.3 Å². The molecule has 0 unspecified atom stereocenters. The van der Waals surface area contributed by atoms with E-state index >= 15 is 0 Å². The summed E-state index contributed by atoms with van der Waals surface area (Å²) in [7, 11) is 0. The smallest absolute Gasteiger partial charge is 0.253 e. The second-order valence-electron chi connectivity index (χ2n) is 11.5. The Morgan fingerprint density at radius 2 is 1.85 bits per heavy atom. The van der Waals surface area contributed by atoms with Crippen LogP contribution in [0.3, 0.4) is 0 Å². The van der Waals surface area contributed by atoms with E-state index in [1.807, 2.05) is 32.9 Å². The van der Waals surface area contributed by atoms with E-state index < -0.39 is 0 Å². The zero-order valence-electron chi connectivity index (χ0n) is 24.5. The van der Waals surface area contributed by atoms with Crippen molar-refractivity contribution >= 4 is 11.6 Å². The van der Waals surface area contributed by atoms with E-state index in [1.54, 1.807) is 0 Å². The molecule has 0 radical (unpaired) electrons. The number of aryl methyl sites for hydroxylation is 2. The molecule has 3 fully saturated rings. The number of anilines is 1. The zero-order valence-corrected chi connectivity index (χ0v) is 24.5. The molecule has 3 N–H and O–H groups in total. The highest BCUT2D eigenvalue weighted by molar-refractivity contribution is 5.97. The van der Waals surface area contributed by atoms with Crippen LogP contribution in [0.25, 0.3) is 0 Å². The standard InChI is InChI=1S/C31H45N5O4/c1-5-36(23-6-12-39-13-7-23)29-18-26(40-25-15-24(16-25)35-10-8-32-9-11-35)17-27(22(29)4)30(37)33-19-28-20(2)14-21(3)34-31(28)38/h14,17-18,23-25,32H,5-13,15-16,19H2,1-4H3,(H,33,37)(H,34,38). The Hall–Kier alpha value is -2.88. The van der Waals surface area contributed by atoms with Gasteiger partial charge in [0.15, 0.2) is 0 Å². The van der Waals surface area contributed by atoms with Gasteiger partial charge in [-0.2, -0.15) is 0 Å². The van der Waals surface area contributed by atoms with Crippen LogP contribution in [-0.4, -0.2) is 79.9 Å². The highest BCUT2D eigenvalue weighted by Gasteiger charge is 2.36. The van der Waals surface area contributed by atoms with Crippen LogP contribution in [0.15, 0.2) is 23.0 Å². The molecule has 3 aliphatic rings. The number of pyridine rings is 1. The average molecular weight is 552 g/mol. The van der Waals surface area contributed by atoms with Crippen molar-refractivity contribution in [2.45, 2.75) is 78.1 Å². The number of hydrogen-bond acceptors (Lipinski definition) is 7. The summed E-state index contributed by atoms with van der Waals surface area (Å²) in [5, 5.41) is 6.44. The first-order chi connectivity index (χ1) is 19.3. The lowest BCUT2D eigenvalue weighted by atomic mass is 9.87. The molecule has 0 bridgehead atoms. The maximum atomic E-state index is 13.6. The minimum Gasteiger partial charge on any atom is -0.490 e. The van der Waals surface area contributed by atoms with Crippen molar-refractivity contribution in [1.82, 2.24) is 20.5 Å². The fourth-order valence-corrected chi connectivity index (χ4v) is 6.43. The molecule has 218 valence electrons. The van der Waals surface area contributed by atoms with Gasteiger partial charge in [-0.3, -0.25) is 14.5 Å². The third kappa shape index (κ3) is 6.37. The molecule has 0 spiro atoms. The fraction of sp³-hybridized carbons (Fsp3) is 0.613. The van der Waals surface area contributed by atoms with Crippen molar-refractivity contribution in [2.24, 2.45) is 0 Å². The van der Waals surface area contributed by atoms with Crippen LogP contribution in [0.5, 0.6) is 5.75 Å². The topological polar surface area (TPSA) is 98.9 Å². The maximum absolute atomic E-state index is 13.6. The average Bonchev–Trinajstić information content (AvgIpc) is 2.92. The molecule has 1 saturated carbocycles. The SMILES string of the molecule is CCN(c1cc(OC2CC(N3CCNCC3)C2)cc(C(=O)NCc2c(C)cc(C)[nH]c2=O)c1C)C1CCOCC1. The molecule has 2 aromatic rings. The molecular weight excluding hydrogens is 506 g/mol. The molecule has 9 nitrogen and oxygen atoms in total. The molecule has 40 heavy (non-hydrogen) atoms. The third-order valence-corrected chi connectivity index (χ3v) is 8.84. The van der Waals surface area contributed by atoms with Gasteiger partial charge in [0.25, 0.3) is 11.5 Å². The lowest BCUT2D eigenvalue weighted by Gasteiger charge is -2.44. The van der Waals surface area contributed by atoms with Gasteiger partial charge in [0, 0.05) is 106 Å². The van der Waals surface area contributed by atoms with Crippen molar-refractivity contribution in [2.75, 3.05) is 50.8 Å². The first-order valence-electron chi connectivity index (χ1n) is 14.9. The summed E-state index contributed by atoms with van der Waals surface area (Å²) in [6, 6.07) is 6.87. The van der Waals surface area contributed by atoms with E-state index in [0.29, 0.717) is 23.2 Å². The van der Waals surface area contributed by atoms with E-state index in [-0.39, 0.29) is 24.1 Å². The van der Waals surface area contributed by atoms with Gasteiger partial charge in [-0.25, -0.2) is 0 Å². The Morgan fingerprint density at radius 1 is 1.12 bits per heavy atom. The Labute approximate surface area is 237 Å². The number of carbonyl (C=O) groups is 1. The molecule has 1 aromatic carbocycles. The van der Waals surface area contributed by atoms with Gasteiger partial charge in [-0.15, -0.1) is 0 Å². The molecule has 2 aliphatic heterocycles. The Balaban J connectivity index is 1.37. The summed E-state index contributed by atoms with van der Waals surface area (Å²) >= 11 is 0. The second-order valence-corrected chi connectivity index (χ2v) is 11.5. The largest absolute Gasteiger partial charge is 0.490 e. The predicted molar refractivity (Wildman–Crippen MR) is 158 cm³/mol. The summed E-state index contributed by atoms with van der Waals surface area (Å²) in [4.78, 5) is 34.0. The number of benzene rings is 1. The fourth-order valence-electron chi connectivity index (χ4n) is 6.43. The van der Waals surface area contributed by atoms with Crippen molar-refractivity contribution in [1.29, 1.82) is 0 Å². The molecule has 9 heteroatoms. The minimum atomic E-state index is -0.195. The van der Waals surface area contributed by atoms with Crippen LogP contribution in [0.1, 0.15) is 65.3 Å². The number of aromatic amines is 1. The van der Waals surface area contributed by atoms with Crippen LogP contribution in [0.4, 0.5) is 5.69 Å². The van der Waals surface area contributed by atoms with Gasteiger partial charge in [0.05, 0.1) is 0 Å². The highest BCUT2D eigenvalue weighted by atomic mass is 16.5. The zero-order chi connectivity index (χ0) is 28.2. The number of nitrogens with zero attached hydrogens (tertiary/aromatic N) is 2. The number of rotatable bonds is 9. The molecule has 1 aromatic heterocycles. The van der Waals surface area contributed by atoms with Gasteiger partial charge < -0.3 is 30.0 Å². The van der Waals surface area contributed by atoms with E-state index in [0.717, 1.165) is 99.9 Å². The summed E-state index contributed by atoms with van der Waals surface area (Å²) in [6.45, 7) is 14.8. The number of H-pyrrole nitrogens is 1. The van der Waals surface area contributed by atoms with Gasteiger partial charge in [0.1, 0.15) is 11.9 Å². The Kier molecular flexibility index (Phi) is 9.13. The molecule has 5 rings (SSSR count). The minimum absolute atomic E-state index is 0.151. The predicted octanol–water partition coefficient (Wildman–Crippen LogP) is 3.05. The summed E-state index contributed by atoms with van der Waals surface area (Å²) < 4.78 is 12.2. The van der Waals surface area contributed by atoms with Crippen LogP contribution < -0.4 is 25.8 Å². The summed E-state index contributed by atoms with van der Waals surface area (Å²) in [6.07, 6.45) is 4.10. The number of hydrogen-bond donors (Lipinski definition) is 3. The quantitative estimate of drug-likeness (QED) is 0.441. The molecule has 0 atom stereocenters. The molecule has 3 heterocycles. The van der Waals surface area contributed by atoms with Crippen LogP contribution in [0, 0.1) is 20.8 Å². The first-order valence-corrected chi connectivity index (χ1v) is 14.9. The molecule has 2 saturated heterocycles. The summed E-state index contributed by atoms with van der Waals surface area (Å²) in [5.41, 5.74) is 4.67. The van der Waals surface area contributed by atoms with Crippen LogP contribution in [-0.2, 0) is 11.3 Å². The number of amides is 1. The van der Waals surface area contributed by atoms with Crippen molar-refractivity contribution in [3.8, 4) is 5.75 Å². The monoisotopic (exact) mass is 551 g/mol. The maximum Gasteiger partial charge on any atom is 0.253 e. The van der Waals surface area contributed by atoms with Crippen LogP contribution in [0.2, 0.25) is 0 Å². The van der Waals surface area contributed by atoms with E-state index in [9.17, 15) is 9.59 Å². The number of nitrogens with one attached hydrogen (secondary N) is 3. The van der Waals surface area contributed by atoms with Crippen molar-refractivity contribution in [3.05, 3.63) is 56.5 Å². The van der Waals surface area contributed by atoms with Gasteiger partial charge >= 0.3 is 0 Å². The molecule has 1 amide bonds. The number of carbonyl (C=O) groups excluding carboxylic acids is 1. The highest BCUT2D eigenvalue weighted by Crippen LogP contribution is 2.36. The number of piperazine rings is 1. The Bertz CT molecular complexity index is 1240.